The van der Waals surface area contributed by atoms with Crippen molar-refractivity contribution in [1.29, 1.82) is 0 Å². The van der Waals surface area contributed by atoms with Crippen molar-refractivity contribution < 1.29 is 19.2 Å². The Labute approximate surface area is 66.8 Å². The largest absolute Gasteiger partial charge is 0.466 e. The van der Waals surface area contributed by atoms with Gasteiger partial charge >= 0.3 is 7.82 Å². The molecule has 0 spiro atoms. The molecule has 0 aliphatic rings. The zero-order valence-electron chi connectivity index (χ0n) is 6.60. The van der Waals surface area contributed by atoms with E-state index in [9.17, 15) is 0 Å². The molecule has 0 aromatic carbocycles. The van der Waals surface area contributed by atoms with Gasteiger partial charge in [-0.3, -0.25) is 0 Å². The summed E-state index contributed by atoms with van der Waals surface area (Å²) in [6.45, 7) is 5.78. The minimum Gasteiger partial charge on any atom is -0.303 e. The fourth-order valence-corrected chi connectivity index (χ4v) is 0.348. The predicted molar refractivity (Wildman–Crippen MR) is 44.0 cm³/mol. The van der Waals surface area contributed by atoms with Crippen LogP contribution in [0.15, 0.2) is 12.7 Å². The molecule has 68 valence electrons. The van der Waals surface area contributed by atoms with Crippen molar-refractivity contribution >= 4 is 7.82 Å². The van der Waals surface area contributed by atoms with E-state index in [0.717, 1.165) is 0 Å². The lowest BCUT2D eigenvalue weighted by Crippen LogP contribution is -1.66. The third-order valence-corrected chi connectivity index (χ3v) is 0.762. The average molecular weight is 182 g/mol. The summed E-state index contributed by atoms with van der Waals surface area (Å²) >= 11 is 0. The summed E-state index contributed by atoms with van der Waals surface area (Å²) < 4.78 is 8.88. The molecule has 0 amide bonds. The predicted octanol–water partition coefficient (Wildman–Crippen LogP) is 1.43. The Morgan fingerprint density at radius 3 is 1.91 bits per heavy atom. The summed E-state index contributed by atoms with van der Waals surface area (Å²) in [7, 11) is -4.64. The van der Waals surface area contributed by atoms with Crippen LogP contribution in [0.3, 0.4) is 0 Å². The molecule has 0 saturated heterocycles. The summed E-state index contributed by atoms with van der Waals surface area (Å²) in [6, 6.07) is 0. The van der Waals surface area contributed by atoms with Gasteiger partial charge in [-0.05, 0) is 6.42 Å². The number of unbranched alkanes of at least 4 members (excludes halogenated alkanes) is 2. The van der Waals surface area contributed by atoms with Crippen LogP contribution in [-0.2, 0) is 4.57 Å². The maximum absolute atomic E-state index is 8.88. The molecule has 11 heavy (non-hydrogen) atoms. The third kappa shape index (κ3) is 74.7. The standard InChI is InChI=1S/C6H12.H3O4P/c1-3-5-6-4-2;1-5(2,3)4/h3H,1,4-6H2,2H3;(H3,1,2,3,4). The van der Waals surface area contributed by atoms with E-state index in [1.165, 1.54) is 19.3 Å². The summed E-state index contributed by atoms with van der Waals surface area (Å²) in [6.07, 6.45) is 5.72. The monoisotopic (exact) mass is 182 g/mol. The Bertz CT molecular complexity index is 120. The lowest BCUT2D eigenvalue weighted by atomic mass is 10.3. The molecular formula is C6H15O4P. The van der Waals surface area contributed by atoms with Crippen LogP contribution >= 0.6 is 7.82 Å². The molecule has 0 fully saturated rings. The van der Waals surface area contributed by atoms with E-state index in [4.69, 9.17) is 19.2 Å². The second-order valence-corrected chi connectivity index (χ2v) is 2.97. The molecule has 0 radical (unpaired) electrons. The van der Waals surface area contributed by atoms with Crippen LogP contribution in [0.4, 0.5) is 0 Å². The molecule has 0 heterocycles. The van der Waals surface area contributed by atoms with Crippen molar-refractivity contribution in [3.63, 3.8) is 0 Å². The van der Waals surface area contributed by atoms with Gasteiger partial charge in [-0.1, -0.05) is 25.8 Å². The van der Waals surface area contributed by atoms with Gasteiger partial charge in [-0.2, -0.15) is 0 Å². The first-order chi connectivity index (χ1) is 4.91. The molecule has 0 unspecified atom stereocenters. The van der Waals surface area contributed by atoms with E-state index in [1.54, 1.807) is 0 Å². The Morgan fingerprint density at radius 1 is 1.45 bits per heavy atom. The van der Waals surface area contributed by atoms with Crippen molar-refractivity contribution in [2.24, 2.45) is 0 Å². The van der Waals surface area contributed by atoms with Crippen molar-refractivity contribution in [3.05, 3.63) is 12.7 Å². The van der Waals surface area contributed by atoms with E-state index in [0.29, 0.717) is 0 Å². The molecule has 3 N–H and O–H groups in total. The number of phosphoric acid groups is 1. The molecule has 0 aromatic heterocycles. The molecule has 0 aromatic rings. The second-order valence-electron chi connectivity index (χ2n) is 1.94. The Balaban J connectivity index is 0. The van der Waals surface area contributed by atoms with Crippen LogP contribution in [0.25, 0.3) is 0 Å². The van der Waals surface area contributed by atoms with Gasteiger partial charge < -0.3 is 14.7 Å². The van der Waals surface area contributed by atoms with Gasteiger partial charge in [0.25, 0.3) is 0 Å². The summed E-state index contributed by atoms with van der Waals surface area (Å²) in [4.78, 5) is 21.6. The van der Waals surface area contributed by atoms with Gasteiger partial charge in [0.2, 0.25) is 0 Å². The second kappa shape index (κ2) is 7.95. The first-order valence-corrected chi connectivity index (χ1v) is 4.87. The first-order valence-electron chi connectivity index (χ1n) is 3.31. The van der Waals surface area contributed by atoms with E-state index in [-0.39, 0.29) is 0 Å². The Hall–Kier alpha value is -0.150. The fraction of sp³-hybridized carbons (Fsp3) is 0.667. The summed E-state index contributed by atoms with van der Waals surface area (Å²) in [5.74, 6) is 0. The van der Waals surface area contributed by atoms with Gasteiger partial charge in [0.15, 0.2) is 0 Å². The van der Waals surface area contributed by atoms with E-state index < -0.39 is 7.82 Å². The maximum Gasteiger partial charge on any atom is 0.466 e. The Kier molecular flexibility index (Phi) is 9.72. The molecule has 4 nitrogen and oxygen atoms in total. The maximum atomic E-state index is 8.88. The number of rotatable bonds is 3. The Morgan fingerprint density at radius 2 is 1.82 bits per heavy atom. The zero-order chi connectivity index (χ0) is 9.33. The van der Waals surface area contributed by atoms with Crippen LogP contribution in [0.1, 0.15) is 26.2 Å². The zero-order valence-corrected chi connectivity index (χ0v) is 7.50. The van der Waals surface area contributed by atoms with Gasteiger partial charge in [0.1, 0.15) is 0 Å². The average Bonchev–Trinajstić information content (AvgIpc) is 1.79. The number of hydrogen-bond acceptors (Lipinski definition) is 1. The van der Waals surface area contributed by atoms with E-state index >= 15 is 0 Å². The lowest BCUT2D eigenvalue weighted by molar-refractivity contribution is 0.275. The smallest absolute Gasteiger partial charge is 0.303 e. The van der Waals surface area contributed by atoms with Crippen LogP contribution in [0.5, 0.6) is 0 Å². The number of allylic oxidation sites excluding steroid dienone is 1. The highest BCUT2D eigenvalue weighted by molar-refractivity contribution is 7.45. The highest BCUT2D eigenvalue weighted by Crippen LogP contribution is 2.25. The van der Waals surface area contributed by atoms with Crippen molar-refractivity contribution in [2.45, 2.75) is 26.2 Å². The minimum atomic E-state index is -4.64. The quantitative estimate of drug-likeness (QED) is 0.350. The molecule has 0 atom stereocenters. The van der Waals surface area contributed by atoms with Crippen LogP contribution < -0.4 is 0 Å². The molecular weight excluding hydrogens is 167 g/mol. The van der Waals surface area contributed by atoms with Gasteiger partial charge in [0, 0.05) is 0 Å². The normalized spacial score (nSPS) is 9.82. The molecule has 0 aliphatic carbocycles. The molecule has 5 heteroatoms. The molecule has 0 saturated carbocycles. The van der Waals surface area contributed by atoms with Crippen molar-refractivity contribution in [2.75, 3.05) is 0 Å². The first kappa shape index (κ1) is 13.4. The highest BCUT2D eigenvalue weighted by atomic mass is 31.2. The fourth-order valence-electron chi connectivity index (χ4n) is 0.348. The topological polar surface area (TPSA) is 77.8 Å². The summed E-state index contributed by atoms with van der Waals surface area (Å²) in [5, 5.41) is 0. The third-order valence-electron chi connectivity index (χ3n) is 0.762. The van der Waals surface area contributed by atoms with Crippen LogP contribution in [0, 0.1) is 0 Å². The summed E-state index contributed by atoms with van der Waals surface area (Å²) in [5.41, 5.74) is 0. The van der Waals surface area contributed by atoms with E-state index in [1.807, 2.05) is 6.08 Å². The molecule has 0 aliphatic heterocycles. The van der Waals surface area contributed by atoms with Crippen LogP contribution in [0.2, 0.25) is 0 Å². The SMILES string of the molecule is C=CCCCC.O=P(O)(O)O. The number of hydrogen-bond donors (Lipinski definition) is 3. The highest BCUT2D eigenvalue weighted by Gasteiger charge is 2.00. The minimum absolute atomic E-state index is 1.18. The van der Waals surface area contributed by atoms with Gasteiger partial charge in [-0.15, -0.1) is 6.58 Å². The van der Waals surface area contributed by atoms with Gasteiger partial charge in [0.05, 0.1) is 0 Å². The van der Waals surface area contributed by atoms with Crippen molar-refractivity contribution in [3.8, 4) is 0 Å². The van der Waals surface area contributed by atoms with Crippen LogP contribution in [-0.4, -0.2) is 14.7 Å². The van der Waals surface area contributed by atoms with E-state index in [2.05, 4.69) is 13.5 Å². The lowest BCUT2D eigenvalue weighted by Gasteiger charge is -1.82. The molecule has 0 bridgehead atoms. The van der Waals surface area contributed by atoms with Crippen molar-refractivity contribution in [1.82, 2.24) is 0 Å². The van der Waals surface area contributed by atoms with Gasteiger partial charge in [-0.25, -0.2) is 4.57 Å². The molecule has 0 rings (SSSR count).